The summed E-state index contributed by atoms with van der Waals surface area (Å²) in [6.07, 6.45) is 3.17. The van der Waals surface area contributed by atoms with E-state index in [4.69, 9.17) is 9.26 Å². The molecule has 19 heavy (non-hydrogen) atoms. The Kier molecular flexibility index (Phi) is 4.64. The molecule has 7 heteroatoms. The van der Waals surface area contributed by atoms with E-state index < -0.39 is 0 Å². The van der Waals surface area contributed by atoms with E-state index in [0.29, 0.717) is 31.0 Å². The summed E-state index contributed by atoms with van der Waals surface area (Å²) in [7, 11) is 1.61. The van der Waals surface area contributed by atoms with Crippen LogP contribution in [0.1, 0.15) is 21.1 Å². The first-order valence-corrected chi connectivity index (χ1v) is 6.68. The van der Waals surface area contributed by atoms with Gasteiger partial charge in [-0.3, -0.25) is 4.79 Å². The van der Waals surface area contributed by atoms with Gasteiger partial charge in [-0.05, 0) is 6.92 Å². The zero-order valence-corrected chi connectivity index (χ0v) is 11.6. The number of amides is 1. The van der Waals surface area contributed by atoms with Gasteiger partial charge in [0.25, 0.3) is 5.91 Å². The minimum atomic E-state index is -0.119. The number of carbonyl (C=O) groups excluding carboxylic acids is 1. The predicted molar refractivity (Wildman–Crippen MR) is 70.0 cm³/mol. The standard InChI is InChI=1S/C12H15N3O3S/c1-9-10(7-14-18-9)12(16)15(4-5-17-2)8-11-13-3-6-19-11/h3,6-7H,4-5,8H2,1-2H3. The summed E-state index contributed by atoms with van der Waals surface area (Å²) in [5.74, 6) is 0.401. The Morgan fingerprint density at radius 3 is 3.00 bits per heavy atom. The van der Waals surface area contributed by atoms with Crippen molar-refractivity contribution in [2.75, 3.05) is 20.3 Å². The number of rotatable bonds is 6. The van der Waals surface area contributed by atoms with Crippen molar-refractivity contribution in [2.45, 2.75) is 13.5 Å². The average Bonchev–Trinajstić information content (AvgIpc) is 3.05. The van der Waals surface area contributed by atoms with Gasteiger partial charge in [-0.1, -0.05) is 5.16 Å². The number of hydrogen-bond acceptors (Lipinski definition) is 6. The average molecular weight is 281 g/mol. The lowest BCUT2D eigenvalue weighted by Crippen LogP contribution is -2.33. The summed E-state index contributed by atoms with van der Waals surface area (Å²) < 4.78 is 9.97. The minimum Gasteiger partial charge on any atom is -0.383 e. The molecule has 0 radical (unpaired) electrons. The molecule has 102 valence electrons. The van der Waals surface area contributed by atoms with Crippen LogP contribution < -0.4 is 0 Å². The molecular formula is C12H15N3O3S. The Balaban J connectivity index is 2.12. The maximum atomic E-state index is 12.4. The fraction of sp³-hybridized carbons (Fsp3) is 0.417. The monoisotopic (exact) mass is 281 g/mol. The van der Waals surface area contributed by atoms with Gasteiger partial charge < -0.3 is 14.2 Å². The Labute approximate surface area is 115 Å². The zero-order chi connectivity index (χ0) is 13.7. The summed E-state index contributed by atoms with van der Waals surface area (Å²) in [4.78, 5) is 18.3. The van der Waals surface area contributed by atoms with Crippen molar-refractivity contribution in [3.8, 4) is 0 Å². The molecule has 0 spiro atoms. The molecule has 2 aromatic rings. The SMILES string of the molecule is COCCN(Cc1nccs1)C(=O)c1cnoc1C. The lowest BCUT2D eigenvalue weighted by molar-refractivity contribution is 0.0678. The van der Waals surface area contributed by atoms with Crippen LogP contribution in [0.25, 0.3) is 0 Å². The first-order chi connectivity index (χ1) is 9.22. The molecule has 2 heterocycles. The maximum Gasteiger partial charge on any atom is 0.259 e. The smallest absolute Gasteiger partial charge is 0.259 e. The van der Waals surface area contributed by atoms with Gasteiger partial charge in [-0.2, -0.15) is 0 Å². The third-order valence-corrected chi connectivity index (χ3v) is 3.41. The highest BCUT2D eigenvalue weighted by Gasteiger charge is 2.21. The van der Waals surface area contributed by atoms with E-state index in [1.165, 1.54) is 17.5 Å². The van der Waals surface area contributed by atoms with Gasteiger partial charge in [0.15, 0.2) is 0 Å². The molecule has 0 aliphatic carbocycles. The lowest BCUT2D eigenvalue weighted by Gasteiger charge is -2.20. The molecule has 0 saturated heterocycles. The van der Waals surface area contributed by atoms with Gasteiger partial charge in [0.2, 0.25) is 0 Å². The molecule has 0 aromatic carbocycles. The second-order valence-corrected chi connectivity index (χ2v) is 4.92. The van der Waals surface area contributed by atoms with Crippen LogP contribution >= 0.6 is 11.3 Å². The number of carbonyl (C=O) groups is 1. The fourth-order valence-electron chi connectivity index (χ4n) is 1.62. The highest BCUT2D eigenvalue weighted by Crippen LogP contribution is 2.14. The van der Waals surface area contributed by atoms with Gasteiger partial charge in [-0.15, -0.1) is 11.3 Å². The van der Waals surface area contributed by atoms with Crippen LogP contribution in [0.2, 0.25) is 0 Å². The van der Waals surface area contributed by atoms with Gasteiger partial charge >= 0.3 is 0 Å². The Morgan fingerprint density at radius 2 is 2.42 bits per heavy atom. The molecule has 2 rings (SSSR count). The predicted octanol–water partition coefficient (Wildman–Crippen LogP) is 1.73. The number of aryl methyl sites for hydroxylation is 1. The Morgan fingerprint density at radius 1 is 1.58 bits per heavy atom. The lowest BCUT2D eigenvalue weighted by atomic mass is 10.2. The van der Waals surface area contributed by atoms with E-state index in [-0.39, 0.29) is 5.91 Å². The molecule has 0 bridgehead atoms. The Bertz CT molecular complexity index is 524. The highest BCUT2D eigenvalue weighted by atomic mass is 32.1. The number of nitrogens with zero attached hydrogens (tertiary/aromatic N) is 3. The topological polar surface area (TPSA) is 68.5 Å². The summed E-state index contributed by atoms with van der Waals surface area (Å²) >= 11 is 1.52. The molecule has 0 aliphatic heterocycles. The quantitative estimate of drug-likeness (QED) is 0.806. The van der Waals surface area contributed by atoms with E-state index in [0.717, 1.165) is 5.01 Å². The van der Waals surface area contributed by atoms with Gasteiger partial charge in [0, 0.05) is 25.2 Å². The van der Waals surface area contributed by atoms with Crippen LogP contribution in [0.4, 0.5) is 0 Å². The summed E-state index contributed by atoms with van der Waals surface area (Å²) in [6, 6.07) is 0. The van der Waals surface area contributed by atoms with Crippen molar-refractivity contribution in [1.29, 1.82) is 0 Å². The molecule has 0 saturated carbocycles. The largest absolute Gasteiger partial charge is 0.383 e. The van der Waals surface area contributed by atoms with Crippen LogP contribution in [0.5, 0.6) is 0 Å². The summed E-state index contributed by atoms with van der Waals surface area (Å²) in [6.45, 7) is 3.16. The van der Waals surface area contributed by atoms with Crippen LogP contribution in [0.15, 0.2) is 22.3 Å². The van der Waals surface area contributed by atoms with E-state index in [9.17, 15) is 4.79 Å². The first-order valence-electron chi connectivity index (χ1n) is 5.80. The second kappa shape index (κ2) is 6.44. The van der Waals surface area contributed by atoms with Crippen LogP contribution in [0, 0.1) is 6.92 Å². The van der Waals surface area contributed by atoms with Gasteiger partial charge in [0.1, 0.15) is 16.3 Å². The van der Waals surface area contributed by atoms with E-state index in [1.54, 1.807) is 25.1 Å². The second-order valence-electron chi connectivity index (χ2n) is 3.94. The van der Waals surface area contributed by atoms with Crippen molar-refractivity contribution in [3.63, 3.8) is 0 Å². The highest BCUT2D eigenvalue weighted by molar-refractivity contribution is 7.09. The zero-order valence-electron chi connectivity index (χ0n) is 10.8. The number of thiazole rings is 1. The van der Waals surface area contributed by atoms with Crippen molar-refractivity contribution in [3.05, 3.63) is 34.1 Å². The molecule has 2 aromatic heterocycles. The third kappa shape index (κ3) is 3.39. The van der Waals surface area contributed by atoms with Gasteiger partial charge in [-0.25, -0.2) is 4.98 Å². The number of hydrogen-bond donors (Lipinski definition) is 0. The molecule has 0 atom stereocenters. The number of aromatic nitrogens is 2. The molecule has 6 nitrogen and oxygen atoms in total. The molecule has 0 unspecified atom stereocenters. The molecule has 0 N–H and O–H groups in total. The van der Waals surface area contributed by atoms with Crippen molar-refractivity contribution >= 4 is 17.2 Å². The van der Waals surface area contributed by atoms with E-state index in [2.05, 4.69) is 10.1 Å². The normalized spacial score (nSPS) is 10.6. The fourth-order valence-corrected chi connectivity index (χ4v) is 2.25. The Hall–Kier alpha value is -1.73. The van der Waals surface area contributed by atoms with E-state index >= 15 is 0 Å². The molecule has 0 fully saturated rings. The maximum absolute atomic E-state index is 12.4. The molecule has 0 aliphatic rings. The van der Waals surface area contributed by atoms with Crippen LogP contribution in [-0.2, 0) is 11.3 Å². The number of methoxy groups -OCH3 is 1. The summed E-state index contributed by atoms with van der Waals surface area (Å²) in [5.41, 5.74) is 0.479. The molecule has 1 amide bonds. The first kappa shape index (κ1) is 13.7. The van der Waals surface area contributed by atoms with Crippen molar-refractivity contribution in [2.24, 2.45) is 0 Å². The number of ether oxygens (including phenoxy) is 1. The van der Waals surface area contributed by atoms with E-state index in [1.807, 2.05) is 5.38 Å². The third-order valence-electron chi connectivity index (χ3n) is 2.64. The molecular weight excluding hydrogens is 266 g/mol. The van der Waals surface area contributed by atoms with Crippen molar-refractivity contribution < 1.29 is 14.1 Å². The van der Waals surface area contributed by atoms with Crippen LogP contribution in [-0.4, -0.2) is 41.2 Å². The van der Waals surface area contributed by atoms with Gasteiger partial charge in [0.05, 0.1) is 19.3 Å². The van der Waals surface area contributed by atoms with Crippen molar-refractivity contribution in [1.82, 2.24) is 15.0 Å². The summed E-state index contributed by atoms with van der Waals surface area (Å²) in [5, 5.41) is 6.41. The minimum absolute atomic E-state index is 0.119. The van der Waals surface area contributed by atoms with Crippen LogP contribution in [0.3, 0.4) is 0 Å².